The summed E-state index contributed by atoms with van der Waals surface area (Å²) >= 11 is 0. The average Bonchev–Trinajstić information content (AvgIpc) is 3.60. The van der Waals surface area contributed by atoms with Crippen molar-refractivity contribution in [1.29, 1.82) is 0 Å². The van der Waals surface area contributed by atoms with E-state index in [1.807, 2.05) is 23.3 Å². The molecule has 190 valence electrons. The number of hydrogen-bond donors (Lipinski definition) is 1. The van der Waals surface area contributed by atoms with Gasteiger partial charge in [0.05, 0.1) is 25.3 Å². The number of imidazole rings is 1. The van der Waals surface area contributed by atoms with E-state index in [1.165, 1.54) is 15.5 Å². The van der Waals surface area contributed by atoms with Gasteiger partial charge in [-0.05, 0) is 19.1 Å². The van der Waals surface area contributed by atoms with E-state index in [9.17, 15) is 14.4 Å². The number of pyridine rings is 1. The first kappa shape index (κ1) is 23.9. The SMILES string of the molecule is CCn1ccnc1CN1C[C@@H]2CC(=O)NCCN(C)C(=O)c3cccn(c3=O)Cc3cn(nn3)[C@@H]2C1. The minimum absolute atomic E-state index is 0.0305. The van der Waals surface area contributed by atoms with Gasteiger partial charge in [-0.3, -0.25) is 19.3 Å². The Balaban J connectivity index is 1.44. The Bertz CT molecular complexity index is 1310. The van der Waals surface area contributed by atoms with E-state index >= 15 is 0 Å². The molecule has 0 saturated carbocycles. The average molecular weight is 494 g/mol. The van der Waals surface area contributed by atoms with E-state index in [-0.39, 0.29) is 41.4 Å². The van der Waals surface area contributed by atoms with Crippen LogP contribution in [0, 0.1) is 5.92 Å². The van der Waals surface area contributed by atoms with Crippen LogP contribution in [0.4, 0.5) is 0 Å². The molecule has 2 atom stereocenters. The predicted octanol–water partition coefficient (Wildman–Crippen LogP) is -0.0305. The molecule has 1 N–H and O–H groups in total. The fourth-order valence-corrected chi connectivity index (χ4v) is 5.08. The van der Waals surface area contributed by atoms with Crippen molar-refractivity contribution in [2.24, 2.45) is 5.92 Å². The lowest BCUT2D eigenvalue weighted by Gasteiger charge is -2.20. The Morgan fingerprint density at radius 2 is 2.03 bits per heavy atom. The Kier molecular flexibility index (Phi) is 6.68. The maximum Gasteiger partial charge on any atom is 0.263 e. The molecule has 3 aromatic heterocycles. The first-order valence-electron chi connectivity index (χ1n) is 12.3. The normalized spacial score (nSPS) is 21.4. The second-order valence-corrected chi connectivity index (χ2v) is 9.48. The summed E-state index contributed by atoms with van der Waals surface area (Å²) in [4.78, 5) is 46.9. The molecule has 0 unspecified atom stereocenters. The van der Waals surface area contributed by atoms with Crippen LogP contribution in [-0.4, -0.2) is 84.0 Å². The van der Waals surface area contributed by atoms with Crippen LogP contribution in [0.25, 0.3) is 0 Å². The summed E-state index contributed by atoms with van der Waals surface area (Å²) in [6.45, 7) is 5.89. The minimum Gasteiger partial charge on any atom is -0.354 e. The number of carbonyl (C=O) groups is 2. The highest BCUT2D eigenvalue weighted by Crippen LogP contribution is 2.31. The zero-order valence-electron chi connectivity index (χ0n) is 20.6. The summed E-state index contributed by atoms with van der Waals surface area (Å²) < 4.78 is 5.42. The van der Waals surface area contributed by atoms with Crippen molar-refractivity contribution in [3.8, 4) is 0 Å². The molecule has 2 aliphatic rings. The van der Waals surface area contributed by atoms with Gasteiger partial charge < -0.3 is 19.4 Å². The third-order valence-electron chi connectivity index (χ3n) is 7.03. The van der Waals surface area contributed by atoms with E-state index < -0.39 is 0 Å². The molecule has 4 bridgehead atoms. The fraction of sp³-hybridized carbons (Fsp3) is 0.500. The number of amides is 2. The number of hydrogen-bond acceptors (Lipinski definition) is 7. The summed E-state index contributed by atoms with van der Waals surface area (Å²) in [7, 11) is 1.63. The van der Waals surface area contributed by atoms with Crippen molar-refractivity contribution in [1.82, 2.24) is 44.2 Å². The van der Waals surface area contributed by atoms with E-state index in [1.54, 1.807) is 19.3 Å². The Hall–Kier alpha value is -3.80. The molecule has 3 aromatic rings. The van der Waals surface area contributed by atoms with Gasteiger partial charge in [-0.15, -0.1) is 5.10 Å². The van der Waals surface area contributed by atoms with Gasteiger partial charge in [-0.1, -0.05) is 5.21 Å². The van der Waals surface area contributed by atoms with Crippen LogP contribution in [0.1, 0.15) is 41.3 Å². The number of nitrogens with one attached hydrogen (secondary N) is 1. The smallest absolute Gasteiger partial charge is 0.263 e. The molecule has 5 rings (SSSR count). The Labute approximate surface area is 208 Å². The summed E-state index contributed by atoms with van der Waals surface area (Å²) in [5.74, 6) is 0.572. The Morgan fingerprint density at radius 3 is 2.86 bits per heavy atom. The van der Waals surface area contributed by atoms with E-state index in [2.05, 4.69) is 37.0 Å². The highest BCUT2D eigenvalue weighted by atomic mass is 16.2. The number of likely N-dealkylation sites (tertiary alicyclic amines) is 1. The summed E-state index contributed by atoms with van der Waals surface area (Å²) in [5, 5.41) is 11.6. The van der Waals surface area contributed by atoms with Crippen molar-refractivity contribution >= 4 is 11.8 Å². The number of aryl methyl sites for hydroxylation is 1. The standard InChI is InChI=1S/C24H31N9O3/c1-3-31-10-7-25-21(31)16-30-12-17-11-22(34)26-6-9-29(2)23(35)19-5-4-8-32(24(19)36)13-18-14-33(28-27-18)20(17)15-30/h4-5,7-8,10,14,17,20H,3,6,9,11-13,15-16H2,1-2H3,(H,26,34)/t17-,20+/m0/s1. The summed E-state index contributed by atoms with van der Waals surface area (Å²) in [5.41, 5.74) is 0.324. The van der Waals surface area contributed by atoms with Crippen LogP contribution in [0.15, 0.2) is 41.7 Å². The van der Waals surface area contributed by atoms with Crippen LogP contribution in [-0.2, 0) is 24.4 Å². The van der Waals surface area contributed by atoms with Crippen molar-refractivity contribution in [2.45, 2.75) is 39.0 Å². The third-order valence-corrected chi connectivity index (χ3v) is 7.03. The zero-order chi connectivity index (χ0) is 25.2. The summed E-state index contributed by atoms with van der Waals surface area (Å²) in [6.07, 6.45) is 7.62. The molecule has 0 aliphatic carbocycles. The zero-order valence-corrected chi connectivity index (χ0v) is 20.6. The van der Waals surface area contributed by atoms with Gasteiger partial charge in [0.2, 0.25) is 5.91 Å². The lowest BCUT2D eigenvalue weighted by Crippen LogP contribution is -2.39. The Morgan fingerprint density at radius 1 is 1.17 bits per heavy atom. The molecule has 5 heterocycles. The minimum atomic E-state index is -0.378. The van der Waals surface area contributed by atoms with Crippen LogP contribution >= 0.6 is 0 Å². The van der Waals surface area contributed by atoms with Crippen molar-refractivity contribution in [2.75, 3.05) is 33.2 Å². The van der Waals surface area contributed by atoms with Gasteiger partial charge in [0, 0.05) is 70.7 Å². The van der Waals surface area contributed by atoms with E-state index in [0.717, 1.165) is 18.9 Å². The number of likely N-dealkylation sites (N-methyl/N-ethyl adjacent to an activating group) is 1. The predicted molar refractivity (Wildman–Crippen MR) is 130 cm³/mol. The molecule has 2 amide bonds. The van der Waals surface area contributed by atoms with Gasteiger partial charge in [0.1, 0.15) is 17.1 Å². The largest absolute Gasteiger partial charge is 0.354 e. The molecule has 12 heteroatoms. The molecule has 0 radical (unpaired) electrons. The molecule has 1 fully saturated rings. The topological polar surface area (TPSA) is 123 Å². The first-order valence-corrected chi connectivity index (χ1v) is 12.3. The molecule has 0 spiro atoms. The van der Waals surface area contributed by atoms with Crippen LogP contribution in [0.5, 0.6) is 0 Å². The molecule has 2 aliphatic heterocycles. The van der Waals surface area contributed by atoms with E-state index in [0.29, 0.717) is 38.3 Å². The fourth-order valence-electron chi connectivity index (χ4n) is 5.08. The molecule has 0 aromatic carbocycles. The second kappa shape index (κ2) is 10.1. The van der Waals surface area contributed by atoms with Crippen molar-refractivity contribution in [3.63, 3.8) is 0 Å². The van der Waals surface area contributed by atoms with Gasteiger partial charge in [-0.2, -0.15) is 0 Å². The monoisotopic (exact) mass is 493 g/mol. The molecular formula is C24H31N9O3. The summed E-state index contributed by atoms with van der Waals surface area (Å²) in [6, 6.07) is 3.17. The third kappa shape index (κ3) is 4.81. The lowest BCUT2D eigenvalue weighted by molar-refractivity contribution is -0.122. The van der Waals surface area contributed by atoms with Gasteiger partial charge >= 0.3 is 0 Å². The number of aromatic nitrogens is 6. The first-order chi connectivity index (χ1) is 17.4. The van der Waals surface area contributed by atoms with Gasteiger partial charge in [-0.25, -0.2) is 9.67 Å². The highest BCUT2D eigenvalue weighted by Gasteiger charge is 2.36. The number of fused-ring (bicyclic) bond motifs is 6. The number of rotatable bonds is 3. The van der Waals surface area contributed by atoms with Crippen molar-refractivity contribution < 1.29 is 9.59 Å². The molecule has 36 heavy (non-hydrogen) atoms. The van der Waals surface area contributed by atoms with E-state index in [4.69, 9.17) is 0 Å². The maximum atomic E-state index is 13.0. The molecular weight excluding hydrogens is 462 g/mol. The van der Waals surface area contributed by atoms with Gasteiger partial charge in [0.25, 0.3) is 11.5 Å². The molecule has 1 saturated heterocycles. The second-order valence-electron chi connectivity index (χ2n) is 9.48. The number of nitrogens with zero attached hydrogens (tertiary/aromatic N) is 8. The van der Waals surface area contributed by atoms with Crippen LogP contribution in [0.3, 0.4) is 0 Å². The highest BCUT2D eigenvalue weighted by molar-refractivity contribution is 5.93. The van der Waals surface area contributed by atoms with Crippen molar-refractivity contribution in [3.05, 3.63) is 64.4 Å². The molecule has 12 nitrogen and oxygen atoms in total. The number of carbonyl (C=O) groups excluding carboxylic acids is 2. The quantitative estimate of drug-likeness (QED) is 0.544. The van der Waals surface area contributed by atoms with Crippen LogP contribution in [0.2, 0.25) is 0 Å². The van der Waals surface area contributed by atoms with Gasteiger partial charge in [0.15, 0.2) is 0 Å². The maximum absolute atomic E-state index is 13.0. The van der Waals surface area contributed by atoms with Crippen LogP contribution < -0.4 is 10.9 Å². The lowest BCUT2D eigenvalue weighted by atomic mass is 9.99.